The number of aliphatic carboxylic acids is 1. The summed E-state index contributed by atoms with van der Waals surface area (Å²) in [7, 11) is 2.20. The Morgan fingerprint density at radius 3 is 2.46 bits per heavy atom. The molecule has 1 fully saturated rings. The predicted molar refractivity (Wildman–Crippen MR) is 107 cm³/mol. The van der Waals surface area contributed by atoms with Crippen LogP contribution in [0.15, 0.2) is 0 Å². The zero-order chi connectivity index (χ0) is 21.2. The lowest BCUT2D eigenvalue weighted by molar-refractivity contribution is -0.137. The molecule has 28 heavy (non-hydrogen) atoms. The second-order valence-electron chi connectivity index (χ2n) is 8.11. The zero-order valence-electron chi connectivity index (χ0n) is 16.9. The van der Waals surface area contributed by atoms with Gasteiger partial charge in [0, 0.05) is 28.7 Å². The summed E-state index contributed by atoms with van der Waals surface area (Å²) in [5.41, 5.74) is 0. The van der Waals surface area contributed by atoms with Crippen molar-refractivity contribution >= 4 is 15.4 Å². The number of rotatable bonds is 15. The molecular formula is C20H37F2O5P. The average Bonchev–Trinajstić information content (AvgIpc) is 2.95. The number of unbranched alkanes of at least 4 members (excludes halogenated alkanes) is 4. The third-order valence-electron chi connectivity index (χ3n) is 5.97. The minimum Gasteiger partial charge on any atom is -0.481 e. The lowest BCUT2D eigenvalue weighted by atomic mass is 9.84. The highest BCUT2D eigenvalue weighted by atomic mass is 31.0. The smallest absolute Gasteiger partial charge is 0.303 e. The van der Waals surface area contributed by atoms with Gasteiger partial charge in [0.25, 0.3) is 5.92 Å². The van der Waals surface area contributed by atoms with E-state index in [9.17, 15) is 23.8 Å². The van der Waals surface area contributed by atoms with Gasteiger partial charge in [0.15, 0.2) is 0 Å². The van der Waals surface area contributed by atoms with Crippen molar-refractivity contribution in [3.8, 4) is 0 Å². The van der Waals surface area contributed by atoms with Crippen LogP contribution < -0.4 is 0 Å². The predicted octanol–water partition coefficient (Wildman–Crippen LogP) is 4.55. The molecule has 0 amide bonds. The van der Waals surface area contributed by atoms with E-state index in [-0.39, 0.29) is 37.2 Å². The molecule has 2 unspecified atom stereocenters. The van der Waals surface area contributed by atoms with E-state index in [2.05, 4.69) is 9.47 Å². The highest BCUT2D eigenvalue weighted by Crippen LogP contribution is 2.42. The van der Waals surface area contributed by atoms with Crippen molar-refractivity contribution < 1.29 is 33.4 Å². The number of aliphatic hydroxyl groups excluding tert-OH is 2. The molecule has 8 heteroatoms. The van der Waals surface area contributed by atoms with Crippen LogP contribution in [0.25, 0.3) is 0 Å². The molecule has 5 nitrogen and oxygen atoms in total. The number of carbonyl (C=O) groups is 1. The van der Waals surface area contributed by atoms with E-state index in [1.54, 1.807) is 0 Å². The number of alkyl halides is 2. The Balaban J connectivity index is 2.51. The maximum absolute atomic E-state index is 14.0. The third kappa shape index (κ3) is 8.56. The number of hydrogen-bond acceptors (Lipinski definition) is 4. The maximum atomic E-state index is 14.0. The fourth-order valence-electron chi connectivity index (χ4n) is 4.26. The summed E-state index contributed by atoms with van der Waals surface area (Å²) < 4.78 is 33.5. The highest BCUT2D eigenvalue weighted by Gasteiger charge is 2.44. The lowest BCUT2D eigenvalue weighted by Gasteiger charge is -2.28. The summed E-state index contributed by atoms with van der Waals surface area (Å²) in [6.07, 6.45) is 3.31. The summed E-state index contributed by atoms with van der Waals surface area (Å²) in [4.78, 5) is 10.5. The number of hydrogen-bond donors (Lipinski definition) is 3. The van der Waals surface area contributed by atoms with Crippen LogP contribution >= 0.6 is 9.47 Å². The van der Waals surface area contributed by atoms with Crippen molar-refractivity contribution in [3.63, 3.8) is 0 Å². The molecule has 0 aliphatic heterocycles. The molecule has 0 heterocycles. The zero-order valence-corrected chi connectivity index (χ0v) is 18.0. The summed E-state index contributed by atoms with van der Waals surface area (Å²) in [5.74, 6) is -3.98. The molecule has 0 aromatic carbocycles. The molecule has 1 aliphatic carbocycles. The highest BCUT2D eigenvalue weighted by molar-refractivity contribution is 7.09. The quantitative estimate of drug-likeness (QED) is 0.264. The second-order valence-corrected chi connectivity index (χ2v) is 8.38. The molecule has 0 spiro atoms. The molecule has 0 saturated heterocycles. The normalized spacial score (nSPS) is 26.5. The largest absolute Gasteiger partial charge is 0.481 e. The molecule has 1 rings (SSSR count). The van der Waals surface area contributed by atoms with Crippen LogP contribution in [-0.4, -0.2) is 45.5 Å². The Kier molecular flexibility index (Phi) is 12.0. The van der Waals surface area contributed by atoms with Gasteiger partial charge in [-0.05, 0) is 43.9 Å². The van der Waals surface area contributed by atoms with E-state index < -0.39 is 24.1 Å². The molecule has 1 saturated carbocycles. The van der Waals surface area contributed by atoms with Crippen molar-refractivity contribution in [1.82, 2.24) is 0 Å². The van der Waals surface area contributed by atoms with Gasteiger partial charge in [0.2, 0.25) is 0 Å². The van der Waals surface area contributed by atoms with E-state index >= 15 is 0 Å². The molecule has 0 radical (unpaired) electrons. The van der Waals surface area contributed by atoms with Crippen LogP contribution in [0.3, 0.4) is 0 Å². The first-order valence-corrected chi connectivity index (χ1v) is 11.0. The number of carboxylic acid groups (broad SMARTS) is 1. The van der Waals surface area contributed by atoms with Gasteiger partial charge in [-0.25, -0.2) is 8.78 Å². The SMILES string of the molecule is CCCCC(F)(F)C(O)CC[C@@H]1[C@@H](CCCCCCC(=O)O)[C@@H](O)C[C@H]1OP. The van der Waals surface area contributed by atoms with Gasteiger partial charge >= 0.3 is 5.97 Å². The van der Waals surface area contributed by atoms with Crippen molar-refractivity contribution in [2.24, 2.45) is 11.8 Å². The monoisotopic (exact) mass is 426 g/mol. The van der Waals surface area contributed by atoms with Gasteiger partial charge in [-0.3, -0.25) is 4.79 Å². The molecule has 6 atom stereocenters. The number of halogens is 2. The summed E-state index contributed by atoms with van der Waals surface area (Å²) in [6.45, 7) is 1.84. The Morgan fingerprint density at radius 2 is 1.86 bits per heavy atom. The van der Waals surface area contributed by atoms with Gasteiger partial charge in [-0.15, -0.1) is 0 Å². The van der Waals surface area contributed by atoms with Crippen molar-refractivity contribution in [3.05, 3.63) is 0 Å². The van der Waals surface area contributed by atoms with Crippen LogP contribution in [-0.2, 0) is 9.32 Å². The standard InChI is InChI=1S/C20H37F2O5P/c1-2-3-12-20(21,22)18(24)11-10-15-14(16(23)13-17(15)27-28)8-6-4-5-7-9-19(25)26/h14-18,23-24H,2-13,28H2,1H3,(H,25,26)/t14-,15-,16+,17-,18?/m1/s1. The summed E-state index contributed by atoms with van der Waals surface area (Å²) in [6, 6.07) is 0. The Morgan fingerprint density at radius 1 is 1.18 bits per heavy atom. The van der Waals surface area contributed by atoms with E-state index in [4.69, 9.17) is 9.63 Å². The Labute approximate surface area is 169 Å². The topological polar surface area (TPSA) is 87.0 Å². The van der Waals surface area contributed by atoms with Crippen molar-refractivity contribution in [2.75, 3.05) is 0 Å². The van der Waals surface area contributed by atoms with Crippen LogP contribution in [0.1, 0.15) is 84.0 Å². The van der Waals surface area contributed by atoms with Gasteiger partial charge in [-0.1, -0.05) is 32.6 Å². The lowest BCUT2D eigenvalue weighted by Crippen LogP contribution is -2.35. The Bertz CT molecular complexity index is 452. The van der Waals surface area contributed by atoms with Crippen molar-refractivity contribution in [2.45, 2.75) is 108 Å². The number of aliphatic hydroxyl groups is 2. The molecule has 166 valence electrons. The minimum absolute atomic E-state index is 0.00621. The first-order valence-electron chi connectivity index (χ1n) is 10.5. The van der Waals surface area contributed by atoms with Crippen LogP contribution in [0.2, 0.25) is 0 Å². The molecule has 3 N–H and O–H groups in total. The molecule has 0 bridgehead atoms. The van der Waals surface area contributed by atoms with Crippen LogP contribution in [0, 0.1) is 11.8 Å². The van der Waals surface area contributed by atoms with Gasteiger partial charge < -0.3 is 19.8 Å². The van der Waals surface area contributed by atoms with E-state index in [1.807, 2.05) is 6.92 Å². The third-order valence-corrected chi connectivity index (χ3v) is 6.32. The van der Waals surface area contributed by atoms with Gasteiger partial charge in [-0.2, -0.15) is 0 Å². The van der Waals surface area contributed by atoms with Crippen molar-refractivity contribution in [1.29, 1.82) is 0 Å². The van der Waals surface area contributed by atoms with E-state index in [0.29, 0.717) is 32.1 Å². The number of carboxylic acids is 1. The summed E-state index contributed by atoms with van der Waals surface area (Å²) >= 11 is 0. The molecule has 0 aromatic heterocycles. The fraction of sp³-hybridized carbons (Fsp3) is 0.950. The van der Waals surface area contributed by atoms with Crippen LogP contribution in [0.5, 0.6) is 0 Å². The molecule has 0 aromatic rings. The van der Waals surface area contributed by atoms with E-state index in [1.165, 1.54) is 0 Å². The first kappa shape index (κ1) is 25.7. The maximum Gasteiger partial charge on any atom is 0.303 e. The van der Waals surface area contributed by atoms with Gasteiger partial charge in [0.1, 0.15) is 6.10 Å². The minimum atomic E-state index is -3.08. The molecule has 1 aliphatic rings. The van der Waals surface area contributed by atoms with E-state index in [0.717, 1.165) is 25.7 Å². The van der Waals surface area contributed by atoms with Gasteiger partial charge in [0.05, 0.1) is 12.2 Å². The van der Waals surface area contributed by atoms with Crippen LogP contribution in [0.4, 0.5) is 8.78 Å². The average molecular weight is 426 g/mol. The second kappa shape index (κ2) is 13.0. The Hall–Kier alpha value is -0.360. The summed E-state index contributed by atoms with van der Waals surface area (Å²) in [5, 5.41) is 29.0. The fourth-order valence-corrected chi connectivity index (χ4v) is 4.57. The molecular weight excluding hydrogens is 389 g/mol. The first-order chi connectivity index (χ1) is 13.2.